The maximum absolute atomic E-state index is 11.9. The minimum Gasteiger partial charge on any atom is -0.383 e. The minimum atomic E-state index is -4.34. The number of alkyl halides is 3. The summed E-state index contributed by atoms with van der Waals surface area (Å²) >= 11 is 0. The number of hydrogen-bond acceptors (Lipinski definition) is 3. The summed E-state index contributed by atoms with van der Waals surface area (Å²) in [6.45, 7) is 0.578. The van der Waals surface area contributed by atoms with Crippen LogP contribution in [-0.2, 0) is 9.53 Å². The Labute approximate surface area is 97.9 Å². The van der Waals surface area contributed by atoms with Crippen LogP contribution >= 0.6 is 0 Å². The molecule has 0 aliphatic carbocycles. The van der Waals surface area contributed by atoms with Crippen LogP contribution in [-0.4, -0.2) is 43.8 Å². The molecule has 1 amide bonds. The zero-order chi connectivity index (χ0) is 13.3. The summed E-state index contributed by atoms with van der Waals surface area (Å²) in [6.07, 6.45) is -5.96. The largest absolute Gasteiger partial charge is 0.389 e. The van der Waals surface area contributed by atoms with Crippen LogP contribution in [0.15, 0.2) is 0 Å². The van der Waals surface area contributed by atoms with Gasteiger partial charge in [0.2, 0.25) is 5.91 Å². The number of ether oxygens (including phenoxy) is 1. The van der Waals surface area contributed by atoms with Gasteiger partial charge in [-0.2, -0.15) is 18.4 Å². The lowest BCUT2D eigenvalue weighted by atomic mass is 10.2. The molecule has 0 saturated carbocycles. The molecular weight excluding hydrogens is 237 g/mol. The first-order valence-electron chi connectivity index (χ1n) is 5.11. The van der Waals surface area contributed by atoms with Gasteiger partial charge in [0.1, 0.15) is 0 Å². The lowest BCUT2D eigenvalue weighted by molar-refractivity contribution is -0.149. The summed E-state index contributed by atoms with van der Waals surface area (Å²) in [5.74, 6) is -0.602. The van der Waals surface area contributed by atoms with Gasteiger partial charge < -0.3 is 9.64 Å². The monoisotopic (exact) mass is 252 g/mol. The highest BCUT2D eigenvalue weighted by Gasteiger charge is 2.29. The van der Waals surface area contributed by atoms with Gasteiger partial charge in [-0.1, -0.05) is 0 Å². The first kappa shape index (κ1) is 15.7. The lowest BCUT2D eigenvalue weighted by Gasteiger charge is -2.21. The van der Waals surface area contributed by atoms with Gasteiger partial charge in [0.15, 0.2) is 0 Å². The molecule has 98 valence electrons. The number of amides is 1. The second-order valence-corrected chi connectivity index (χ2v) is 3.40. The lowest BCUT2D eigenvalue weighted by Crippen LogP contribution is -2.35. The van der Waals surface area contributed by atoms with Crippen molar-refractivity contribution in [2.75, 3.05) is 26.8 Å². The Morgan fingerprint density at radius 1 is 1.41 bits per heavy atom. The van der Waals surface area contributed by atoms with Crippen LogP contribution in [0.2, 0.25) is 0 Å². The Morgan fingerprint density at radius 3 is 2.53 bits per heavy atom. The van der Waals surface area contributed by atoms with Crippen molar-refractivity contribution >= 4 is 5.91 Å². The molecule has 0 unspecified atom stereocenters. The average Bonchev–Trinajstić information content (AvgIpc) is 2.25. The zero-order valence-electron chi connectivity index (χ0n) is 9.59. The van der Waals surface area contributed by atoms with E-state index in [1.54, 1.807) is 0 Å². The predicted octanol–water partition coefficient (Wildman–Crippen LogP) is 1.72. The molecule has 0 aromatic rings. The van der Waals surface area contributed by atoms with E-state index in [2.05, 4.69) is 0 Å². The molecule has 0 N–H and O–H groups in total. The summed E-state index contributed by atoms with van der Waals surface area (Å²) in [5, 5.41) is 8.38. The summed E-state index contributed by atoms with van der Waals surface area (Å²) in [5.41, 5.74) is 0. The standard InChI is InChI=1S/C10H15F3N2O2/c1-17-8-7-15(6-2-5-14)9(16)3-4-10(11,12)13/h2-4,6-8H2,1H3. The van der Waals surface area contributed by atoms with E-state index < -0.39 is 24.9 Å². The van der Waals surface area contributed by atoms with Crippen LogP contribution in [0.3, 0.4) is 0 Å². The normalized spacial score (nSPS) is 11.0. The van der Waals surface area contributed by atoms with Gasteiger partial charge in [-0.05, 0) is 0 Å². The molecule has 0 spiro atoms. The van der Waals surface area contributed by atoms with Gasteiger partial charge >= 0.3 is 6.18 Å². The van der Waals surface area contributed by atoms with Crippen LogP contribution in [0.1, 0.15) is 19.3 Å². The van der Waals surface area contributed by atoms with Crippen LogP contribution in [0.4, 0.5) is 13.2 Å². The number of carbonyl (C=O) groups excluding carboxylic acids is 1. The van der Waals surface area contributed by atoms with Gasteiger partial charge in [0, 0.05) is 26.6 Å². The fourth-order valence-corrected chi connectivity index (χ4v) is 1.15. The third-order valence-corrected chi connectivity index (χ3v) is 2.03. The Morgan fingerprint density at radius 2 is 2.06 bits per heavy atom. The predicted molar refractivity (Wildman–Crippen MR) is 54.0 cm³/mol. The van der Waals surface area contributed by atoms with Crippen molar-refractivity contribution in [1.29, 1.82) is 5.26 Å². The van der Waals surface area contributed by atoms with Crippen molar-refractivity contribution in [1.82, 2.24) is 4.90 Å². The van der Waals surface area contributed by atoms with E-state index in [1.807, 2.05) is 6.07 Å². The molecule has 0 atom stereocenters. The first-order chi connectivity index (χ1) is 7.90. The Kier molecular flexibility index (Phi) is 7.30. The maximum atomic E-state index is 11.9. The topological polar surface area (TPSA) is 53.3 Å². The smallest absolute Gasteiger partial charge is 0.383 e. The summed E-state index contributed by atoms with van der Waals surface area (Å²) in [4.78, 5) is 12.7. The van der Waals surface area contributed by atoms with E-state index in [-0.39, 0.29) is 26.1 Å². The quantitative estimate of drug-likeness (QED) is 0.693. The molecule has 0 bridgehead atoms. The molecule has 4 nitrogen and oxygen atoms in total. The second-order valence-electron chi connectivity index (χ2n) is 3.40. The number of hydrogen-bond donors (Lipinski definition) is 0. The van der Waals surface area contributed by atoms with Crippen molar-refractivity contribution in [2.24, 2.45) is 0 Å². The highest BCUT2D eigenvalue weighted by atomic mass is 19.4. The maximum Gasteiger partial charge on any atom is 0.389 e. The van der Waals surface area contributed by atoms with E-state index in [1.165, 1.54) is 12.0 Å². The average molecular weight is 252 g/mol. The van der Waals surface area contributed by atoms with Crippen molar-refractivity contribution in [2.45, 2.75) is 25.4 Å². The number of halogens is 3. The molecule has 17 heavy (non-hydrogen) atoms. The van der Waals surface area contributed by atoms with Crippen LogP contribution < -0.4 is 0 Å². The van der Waals surface area contributed by atoms with Gasteiger partial charge in [-0.3, -0.25) is 4.79 Å². The first-order valence-corrected chi connectivity index (χ1v) is 5.11. The van der Waals surface area contributed by atoms with E-state index in [9.17, 15) is 18.0 Å². The van der Waals surface area contributed by atoms with Crippen molar-refractivity contribution in [3.8, 4) is 6.07 Å². The molecule has 0 aromatic heterocycles. The van der Waals surface area contributed by atoms with Crippen LogP contribution in [0.25, 0.3) is 0 Å². The molecule has 0 aromatic carbocycles. The Hall–Kier alpha value is -1.29. The van der Waals surface area contributed by atoms with Gasteiger partial charge in [0.25, 0.3) is 0 Å². The summed E-state index contributed by atoms with van der Waals surface area (Å²) in [6, 6.07) is 1.84. The molecule has 0 radical (unpaired) electrons. The van der Waals surface area contributed by atoms with E-state index in [4.69, 9.17) is 10.00 Å². The van der Waals surface area contributed by atoms with Crippen molar-refractivity contribution in [3.63, 3.8) is 0 Å². The number of methoxy groups -OCH3 is 1. The van der Waals surface area contributed by atoms with Gasteiger partial charge in [0.05, 0.1) is 25.5 Å². The third kappa shape index (κ3) is 8.51. The molecule has 0 rings (SSSR count). The molecule has 0 saturated heterocycles. The van der Waals surface area contributed by atoms with E-state index in [0.717, 1.165) is 0 Å². The molecule has 0 aliphatic rings. The van der Waals surface area contributed by atoms with Gasteiger partial charge in [-0.25, -0.2) is 0 Å². The molecular formula is C10H15F3N2O2. The Balaban J connectivity index is 4.17. The summed E-state index contributed by atoms with van der Waals surface area (Å²) < 4.78 is 40.6. The molecule has 0 heterocycles. The van der Waals surface area contributed by atoms with Gasteiger partial charge in [-0.15, -0.1) is 0 Å². The van der Waals surface area contributed by atoms with Crippen molar-refractivity contribution < 1.29 is 22.7 Å². The molecule has 0 fully saturated rings. The van der Waals surface area contributed by atoms with Crippen LogP contribution in [0, 0.1) is 11.3 Å². The molecule has 0 aliphatic heterocycles. The fourth-order valence-electron chi connectivity index (χ4n) is 1.15. The van der Waals surface area contributed by atoms with Crippen LogP contribution in [0.5, 0.6) is 0 Å². The number of rotatable bonds is 7. The fraction of sp³-hybridized carbons (Fsp3) is 0.800. The highest BCUT2D eigenvalue weighted by Crippen LogP contribution is 2.21. The van der Waals surface area contributed by atoms with Crippen molar-refractivity contribution in [3.05, 3.63) is 0 Å². The SMILES string of the molecule is COCCN(CCC#N)C(=O)CCC(F)(F)F. The van der Waals surface area contributed by atoms with E-state index in [0.29, 0.717) is 0 Å². The zero-order valence-corrected chi connectivity index (χ0v) is 9.59. The second kappa shape index (κ2) is 7.90. The minimum absolute atomic E-state index is 0.0987. The number of carbonyl (C=O) groups is 1. The van der Waals surface area contributed by atoms with E-state index >= 15 is 0 Å². The summed E-state index contributed by atoms with van der Waals surface area (Å²) in [7, 11) is 1.43. The number of nitriles is 1. The number of nitrogens with zero attached hydrogens (tertiary/aromatic N) is 2. The molecule has 7 heteroatoms. The Bertz CT molecular complexity index is 274. The third-order valence-electron chi connectivity index (χ3n) is 2.03. The highest BCUT2D eigenvalue weighted by molar-refractivity contribution is 5.76.